The van der Waals surface area contributed by atoms with Gasteiger partial charge in [-0.2, -0.15) is 0 Å². The van der Waals surface area contributed by atoms with Crippen LogP contribution in [-0.2, 0) is 14.4 Å². The van der Waals surface area contributed by atoms with Crippen molar-refractivity contribution in [3.8, 4) is 0 Å². The molecule has 7 nitrogen and oxygen atoms in total. The van der Waals surface area contributed by atoms with E-state index in [-0.39, 0.29) is 41.0 Å². The van der Waals surface area contributed by atoms with Gasteiger partial charge in [0.1, 0.15) is 6.04 Å². The highest BCUT2D eigenvalue weighted by Crippen LogP contribution is 2.68. The average Bonchev–Trinajstić information content (AvgIpc) is 3.51. The van der Waals surface area contributed by atoms with Gasteiger partial charge in [0.05, 0.1) is 29.2 Å². The van der Waals surface area contributed by atoms with Crippen LogP contribution in [0.4, 0.5) is 5.69 Å². The summed E-state index contributed by atoms with van der Waals surface area (Å²) in [5, 5.41) is 10.7. The van der Waals surface area contributed by atoms with Gasteiger partial charge in [-0.3, -0.25) is 14.4 Å². The molecule has 4 rings (SSSR count). The predicted molar refractivity (Wildman–Crippen MR) is 161 cm³/mol. The molecule has 0 saturated carbocycles. The maximum atomic E-state index is 14.6. The summed E-state index contributed by atoms with van der Waals surface area (Å²) in [4.78, 5) is 48.0. The van der Waals surface area contributed by atoms with Gasteiger partial charge in [0.25, 0.3) is 5.91 Å². The van der Waals surface area contributed by atoms with E-state index in [0.717, 1.165) is 6.42 Å². The fourth-order valence-electron chi connectivity index (χ4n) is 6.58. The van der Waals surface area contributed by atoms with Crippen LogP contribution < -0.4 is 4.90 Å². The van der Waals surface area contributed by atoms with Gasteiger partial charge in [-0.15, -0.1) is 24.9 Å². The number of benzene rings is 1. The first-order valence-corrected chi connectivity index (χ1v) is 15.7. The maximum Gasteiger partial charge on any atom is 0.251 e. The molecule has 1 N–H and O–H groups in total. The van der Waals surface area contributed by atoms with Gasteiger partial charge in [0, 0.05) is 40.4 Å². The highest BCUT2D eigenvalue weighted by molar-refractivity contribution is 9.09. The van der Waals surface area contributed by atoms with Crippen LogP contribution in [0.1, 0.15) is 33.1 Å². The lowest BCUT2D eigenvalue weighted by Gasteiger charge is -2.40. The van der Waals surface area contributed by atoms with Gasteiger partial charge in [0.15, 0.2) is 0 Å². The lowest BCUT2D eigenvalue weighted by atomic mass is 9.70. The third-order valence-electron chi connectivity index (χ3n) is 8.19. The number of rotatable bonds is 12. The zero-order valence-corrected chi connectivity index (χ0v) is 25.6. The summed E-state index contributed by atoms with van der Waals surface area (Å²) in [6, 6.07) is 5.63. The first-order chi connectivity index (χ1) is 18.7. The molecule has 3 fully saturated rings. The summed E-state index contributed by atoms with van der Waals surface area (Å²) < 4.78 is -0.798. The number of amides is 3. The van der Waals surface area contributed by atoms with Crippen molar-refractivity contribution < 1.29 is 19.5 Å². The molecule has 0 aliphatic carbocycles. The number of halogens is 2. The van der Waals surface area contributed by atoms with Crippen LogP contribution in [0.2, 0.25) is 5.02 Å². The Morgan fingerprint density at radius 3 is 2.46 bits per heavy atom. The molecule has 0 radical (unpaired) electrons. The van der Waals surface area contributed by atoms with Crippen molar-refractivity contribution in [1.82, 2.24) is 9.80 Å². The SMILES string of the molecule is C=CCN(CCC)C(=O)[C@H]1[C@H]2C(=O)N([C@@H](CC)CO)C(C(=O)N(CC=C)c3ccc(Cl)cc3)C23CC(Br)[C@@H]1S3. The zero-order chi connectivity index (χ0) is 28.5. The van der Waals surface area contributed by atoms with E-state index in [1.807, 2.05) is 13.8 Å². The smallest absolute Gasteiger partial charge is 0.251 e. The molecule has 3 heterocycles. The Balaban J connectivity index is 1.83. The van der Waals surface area contributed by atoms with Crippen molar-refractivity contribution in [3.63, 3.8) is 0 Å². The van der Waals surface area contributed by atoms with E-state index in [2.05, 4.69) is 29.1 Å². The standard InChI is InChI=1S/C29H37BrClN3O4S/c1-5-13-32(14-6-2)26(36)22-23-27(37)34(19(8-4)17-35)25(29(23)16-21(30)24(22)39-29)28(38)33(15-7-3)20-11-9-18(31)10-12-20/h5,7,9-12,19,21-25,35H,1,3,6,8,13-17H2,2,4H3/t19-,21?,22-,23-,24-,25?,29?/m0/s1. The van der Waals surface area contributed by atoms with Crippen molar-refractivity contribution in [2.45, 2.75) is 60.0 Å². The monoisotopic (exact) mass is 637 g/mol. The molecule has 3 aliphatic heterocycles. The molecule has 10 heteroatoms. The topological polar surface area (TPSA) is 81.2 Å². The number of thioether (sulfide) groups is 1. The number of alkyl halides is 1. The number of anilines is 1. The molecule has 7 atom stereocenters. The van der Waals surface area contributed by atoms with E-state index in [1.54, 1.807) is 62.9 Å². The number of likely N-dealkylation sites (tertiary alicyclic amines) is 1. The van der Waals surface area contributed by atoms with Crippen LogP contribution in [0.25, 0.3) is 0 Å². The van der Waals surface area contributed by atoms with Crippen LogP contribution >= 0.6 is 39.3 Å². The average molecular weight is 639 g/mol. The van der Waals surface area contributed by atoms with Crippen LogP contribution in [0.15, 0.2) is 49.6 Å². The summed E-state index contributed by atoms with van der Waals surface area (Å²) in [5.74, 6) is -1.73. The number of hydrogen-bond donors (Lipinski definition) is 1. The lowest BCUT2D eigenvalue weighted by molar-refractivity contribution is -0.145. The van der Waals surface area contributed by atoms with E-state index in [4.69, 9.17) is 11.6 Å². The summed E-state index contributed by atoms with van der Waals surface area (Å²) >= 11 is 11.6. The molecule has 3 amide bonds. The first kappa shape index (κ1) is 30.2. The summed E-state index contributed by atoms with van der Waals surface area (Å²) in [7, 11) is 0. The summed E-state index contributed by atoms with van der Waals surface area (Å²) in [6.07, 6.45) is 5.22. The van der Waals surface area contributed by atoms with Gasteiger partial charge in [-0.05, 0) is 43.5 Å². The number of nitrogens with zero attached hydrogens (tertiary/aromatic N) is 3. The molecular weight excluding hydrogens is 602 g/mol. The fraction of sp³-hybridized carbons (Fsp3) is 0.552. The minimum Gasteiger partial charge on any atom is -0.394 e. The van der Waals surface area contributed by atoms with E-state index in [0.29, 0.717) is 36.6 Å². The molecule has 212 valence electrons. The second kappa shape index (κ2) is 12.4. The molecule has 2 bridgehead atoms. The largest absolute Gasteiger partial charge is 0.394 e. The van der Waals surface area contributed by atoms with Gasteiger partial charge >= 0.3 is 0 Å². The lowest BCUT2D eigenvalue weighted by Crippen LogP contribution is -2.58. The molecule has 0 aromatic heterocycles. The van der Waals surface area contributed by atoms with Crippen molar-refractivity contribution in [1.29, 1.82) is 0 Å². The van der Waals surface area contributed by atoms with Crippen molar-refractivity contribution >= 4 is 62.7 Å². The quantitative estimate of drug-likeness (QED) is 0.269. The van der Waals surface area contributed by atoms with Gasteiger partial charge < -0.3 is 19.8 Å². The number of fused-ring (bicyclic) bond motifs is 1. The Kier molecular flexibility index (Phi) is 9.56. The van der Waals surface area contributed by atoms with Gasteiger partial charge in [-0.1, -0.05) is 53.5 Å². The van der Waals surface area contributed by atoms with E-state index in [1.165, 1.54) is 0 Å². The molecule has 1 spiro atoms. The highest BCUT2D eigenvalue weighted by Gasteiger charge is 2.76. The molecule has 39 heavy (non-hydrogen) atoms. The molecule has 1 aromatic rings. The zero-order valence-electron chi connectivity index (χ0n) is 22.5. The third kappa shape index (κ3) is 5.09. The molecule has 3 aliphatic rings. The fourth-order valence-corrected chi connectivity index (χ4v) is 10.3. The Morgan fingerprint density at radius 1 is 1.23 bits per heavy atom. The van der Waals surface area contributed by atoms with Crippen molar-refractivity contribution in [2.75, 3.05) is 31.1 Å². The number of aliphatic hydroxyl groups is 1. The minimum atomic E-state index is -0.838. The van der Waals surface area contributed by atoms with Gasteiger partial charge in [-0.25, -0.2) is 0 Å². The Bertz CT molecular complexity index is 1120. The molecule has 3 saturated heterocycles. The number of aliphatic hydroxyl groups excluding tert-OH is 1. The predicted octanol–water partition coefficient (Wildman–Crippen LogP) is 4.52. The normalized spacial score (nSPS) is 29.7. The van der Waals surface area contributed by atoms with E-state index >= 15 is 0 Å². The third-order valence-corrected chi connectivity index (χ3v) is 11.7. The van der Waals surface area contributed by atoms with Crippen LogP contribution in [-0.4, -0.2) is 85.8 Å². The van der Waals surface area contributed by atoms with Gasteiger partial charge in [0.2, 0.25) is 11.8 Å². The number of hydrogen-bond acceptors (Lipinski definition) is 5. The Hall–Kier alpha value is -1.81. The van der Waals surface area contributed by atoms with Crippen molar-refractivity contribution in [3.05, 3.63) is 54.6 Å². The first-order valence-electron chi connectivity index (χ1n) is 13.5. The van der Waals surface area contributed by atoms with E-state index in [9.17, 15) is 19.5 Å². The molecular formula is C29H37BrClN3O4S. The highest BCUT2D eigenvalue weighted by atomic mass is 79.9. The molecule has 3 unspecified atom stereocenters. The van der Waals surface area contributed by atoms with Crippen LogP contribution in [0.5, 0.6) is 0 Å². The number of carbonyl (C=O) groups is 3. The van der Waals surface area contributed by atoms with Crippen LogP contribution in [0, 0.1) is 11.8 Å². The summed E-state index contributed by atoms with van der Waals surface area (Å²) in [6.45, 7) is 12.6. The minimum absolute atomic E-state index is 0.0273. The molecule has 1 aromatic carbocycles. The van der Waals surface area contributed by atoms with Crippen molar-refractivity contribution in [2.24, 2.45) is 11.8 Å². The second-order valence-electron chi connectivity index (χ2n) is 10.4. The second-order valence-corrected chi connectivity index (χ2v) is 13.6. The maximum absolute atomic E-state index is 14.6. The van der Waals surface area contributed by atoms with E-state index < -0.39 is 28.7 Å². The van der Waals surface area contributed by atoms with Crippen LogP contribution in [0.3, 0.4) is 0 Å². The Labute approximate surface area is 248 Å². The Morgan fingerprint density at radius 2 is 1.90 bits per heavy atom. The summed E-state index contributed by atoms with van der Waals surface area (Å²) in [5.41, 5.74) is 0.647. The number of carbonyl (C=O) groups excluding carboxylic acids is 3.